The van der Waals surface area contributed by atoms with Gasteiger partial charge in [-0.15, -0.1) is 11.3 Å². The van der Waals surface area contributed by atoms with Crippen molar-refractivity contribution in [1.29, 1.82) is 0 Å². The summed E-state index contributed by atoms with van der Waals surface area (Å²) in [5.41, 5.74) is 4.24. The summed E-state index contributed by atoms with van der Waals surface area (Å²) >= 11 is 1.15. The zero-order valence-corrected chi connectivity index (χ0v) is 38.8. The van der Waals surface area contributed by atoms with Crippen molar-refractivity contribution in [2.75, 3.05) is 56.8 Å². The highest BCUT2D eigenvalue weighted by atomic mass is 32.2. The van der Waals surface area contributed by atoms with Gasteiger partial charge >= 0.3 is 5.69 Å². The standard InChI is InChI=1S/C46H53FN8O9S2/c1-29(2)66(61,62)54-27-35(34-13-5-6-14-37(34)54)43(58)48-26-41(57)51-45-49-36(28-65-45)31-23-32(47)25-33(24-31)52(3)18-9-20-64-22-10-21-63-19-8-12-30-11-7-15-38-42(30)53(4)46(60)55(38)39-16-17-40(56)50-44(39)59/h5-7,11,13-15,23-25,27-29,39H,8-10,12,16-22,26H2,1-4H3,(H,48,58)(H,49,51,57)(H,50,56,59). The normalized spacial score (nSPS) is 14.3. The van der Waals surface area contributed by atoms with Crippen LogP contribution in [0.4, 0.5) is 15.2 Å². The fraction of sp³-hybridized carbons (Fsp3) is 0.391. The van der Waals surface area contributed by atoms with E-state index in [1.165, 1.54) is 22.9 Å². The van der Waals surface area contributed by atoms with E-state index < -0.39 is 51.4 Å². The molecule has 17 nitrogen and oxygen atoms in total. The molecule has 0 spiro atoms. The summed E-state index contributed by atoms with van der Waals surface area (Å²) in [6.07, 6.45) is 4.57. The number of carbonyl (C=O) groups is 4. The summed E-state index contributed by atoms with van der Waals surface area (Å²) < 4.78 is 56.6. The van der Waals surface area contributed by atoms with Crippen LogP contribution in [0.3, 0.4) is 0 Å². The van der Waals surface area contributed by atoms with Crippen molar-refractivity contribution in [1.82, 2.24) is 28.7 Å². The number of imide groups is 1. The first-order chi connectivity index (χ1) is 31.6. The molecule has 4 amide bonds. The van der Waals surface area contributed by atoms with Gasteiger partial charge in [0.2, 0.25) is 27.7 Å². The van der Waals surface area contributed by atoms with Crippen LogP contribution >= 0.6 is 11.3 Å². The predicted molar refractivity (Wildman–Crippen MR) is 251 cm³/mol. The van der Waals surface area contributed by atoms with E-state index in [2.05, 4.69) is 20.9 Å². The van der Waals surface area contributed by atoms with Gasteiger partial charge in [0.1, 0.15) is 11.9 Å². The lowest BCUT2D eigenvalue weighted by molar-refractivity contribution is -0.135. The number of hydrogen-bond donors (Lipinski definition) is 3. The Hall–Kier alpha value is -6.22. The molecule has 66 heavy (non-hydrogen) atoms. The van der Waals surface area contributed by atoms with Gasteiger partial charge in [0.25, 0.3) is 5.91 Å². The Bertz CT molecular complexity index is 2940. The van der Waals surface area contributed by atoms with Gasteiger partial charge in [-0.1, -0.05) is 30.3 Å². The molecule has 3 aromatic heterocycles. The van der Waals surface area contributed by atoms with E-state index in [-0.39, 0.29) is 35.1 Å². The molecule has 3 aromatic carbocycles. The average molecular weight is 945 g/mol. The minimum atomic E-state index is -3.74. The Morgan fingerprint density at radius 3 is 2.47 bits per heavy atom. The third-order valence-electron chi connectivity index (χ3n) is 11.4. The zero-order valence-electron chi connectivity index (χ0n) is 37.2. The Labute approximate surface area is 384 Å². The first kappa shape index (κ1) is 47.7. The van der Waals surface area contributed by atoms with Crippen molar-refractivity contribution < 1.29 is 41.5 Å². The Kier molecular flexibility index (Phi) is 15.2. The number of imidazole rings is 1. The smallest absolute Gasteiger partial charge is 0.329 e. The van der Waals surface area contributed by atoms with Crippen molar-refractivity contribution in [2.24, 2.45) is 7.05 Å². The number of halogens is 1. The molecule has 1 saturated heterocycles. The molecule has 0 aliphatic carbocycles. The molecular weight excluding hydrogens is 892 g/mol. The summed E-state index contributed by atoms with van der Waals surface area (Å²) in [6, 6.07) is 16.2. The number of carbonyl (C=O) groups excluding carboxylic acids is 4. The number of aryl methyl sites for hydroxylation is 2. The summed E-state index contributed by atoms with van der Waals surface area (Å²) in [4.78, 5) is 69.8. The van der Waals surface area contributed by atoms with Crippen molar-refractivity contribution >= 4 is 77.7 Å². The first-order valence-corrected chi connectivity index (χ1v) is 24.1. The van der Waals surface area contributed by atoms with Crippen LogP contribution in [0.2, 0.25) is 0 Å². The second-order valence-corrected chi connectivity index (χ2v) is 19.6. The lowest BCUT2D eigenvalue weighted by Crippen LogP contribution is -2.44. The summed E-state index contributed by atoms with van der Waals surface area (Å²) in [7, 11) is -0.186. The van der Waals surface area contributed by atoms with E-state index in [9.17, 15) is 36.8 Å². The molecule has 4 heterocycles. The van der Waals surface area contributed by atoms with Crippen LogP contribution in [0.1, 0.15) is 67.9 Å². The number of para-hydroxylation sites is 2. The van der Waals surface area contributed by atoms with Crippen molar-refractivity contribution in [2.45, 2.75) is 63.7 Å². The van der Waals surface area contributed by atoms with E-state index in [0.29, 0.717) is 85.6 Å². The SMILES string of the molecule is CC(C)S(=O)(=O)n1cc(C(=O)NCC(=O)Nc2nc(-c3cc(F)cc(N(C)CCCOCCCOCCCc4cccc5c4n(C)c(=O)n5C4CCC(=O)NC4=O)c3)cs2)c2ccccc21. The molecule has 6 aromatic rings. The topological polar surface area (TPSA) is 205 Å². The number of rotatable bonds is 21. The lowest BCUT2D eigenvalue weighted by Gasteiger charge is -2.21. The maximum Gasteiger partial charge on any atom is 0.329 e. The van der Waals surface area contributed by atoms with Gasteiger partial charge in [-0.2, -0.15) is 0 Å². The van der Waals surface area contributed by atoms with Crippen LogP contribution < -0.4 is 26.5 Å². The number of thiazole rings is 1. The van der Waals surface area contributed by atoms with Crippen molar-refractivity contribution in [3.8, 4) is 11.3 Å². The number of aromatic nitrogens is 4. The molecule has 350 valence electrons. The van der Waals surface area contributed by atoms with E-state index in [4.69, 9.17) is 9.47 Å². The van der Waals surface area contributed by atoms with E-state index >= 15 is 0 Å². The van der Waals surface area contributed by atoms with E-state index in [1.54, 1.807) is 55.1 Å². The molecule has 3 N–H and O–H groups in total. The number of nitrogens with one attached hydrogen (secondary N) is 3. The maximum atomic E-state index is 14.8. The highest BCUT2D eigenvalue weighted by molar-refractivity contribution is 7.90. The van der Waals surface area contributed by atoms with Gasteiger partial charge in [-0.05, 0) is 81.8 Å². The van der Waals surface area contributed by atoms with Gasteiger partial charge in [0.05, 0.1) is 39.6 Å². The monoisotopic (exact) mass is 944 g/mol. The zero-order chi connectivity index (χ0) is 47.1. The number of anilines is 2. The van der Waals surface area contributed by atoms with Crippen LogP contribution in [0.25, 0.3) is 33.2 Å². The highest BCUT2D eigenvalue weighted by Crippen LogP contribution is 2.30. The summed E-state index contributed by atoms with van der Waals surface area (Å²) in [5.74, 6) is -2.39. The van der Waals surface area contributed by atoms with Crippen LogP contribution in [-0.2, 0) is 47.3 Å². The van der Waals surface area contributed by atoms with Crippen molar-refractivity contribution in [3.05, 3.63) is 99.7 Å². The number of hydrogen-bond acceptors (Lipinski definition) is 12. The minimum Gasteiger partial charge on any atom is -0.381 e. The van der Waals surface area contributed by atoms with Crippen LogP contribution in [0.15, 0.2) is 77.0 Å². The maximum absolute atomic E-state index is 14.8. The number of piperidine rings is 1. The third kappa shape index (κ3) is 10.7. The molecule has 0 saturated carbocycles. The number of ether oxygens (including phenoxy) is 2. The molecule has 0 radical (unpaired) electrons. The Balaban J connectivity index is 0.805. The fourth-order valence-corrected chi connectivity index (χ4v) is 9.79. The van der Waals surface area contributed by atoms with Gasteiger partial charge in [-0.3, -0.25) is 33.6 Å². The molecule has 1 aliphatic heterocycles. The molecule has 0 bridgehead atoms. The fourth-order valence-electron chi connectivity index (χ4n) is 7.91. The summed E-state index contributed by atoms with van der Waals surface area (Å²) in [6.45, 7) is 5.41. The first-order valence-electron chi connectivity index (χ1n) is 21.7. The van der Waals surface area contributed by atoms with Crippen molar-refractivity contribution in [3.63, 3.8) is 0 Å². The van der Waals surface area contributed by atoms with Gasteiger partial charge in [0.15, 0.2) is 5.13 Å². The van der Waals surface area contributed by atoms with E-state index in [1.807, 2.05) is 36.2 Å². The molecule has 20 heteroatoms. The Morgan fingerprint density at radius 1 is 0.985 bits per heavy atom. The molecule has 7 rings (SSSR count). The largest absolute Gasteiger partial charge is 0.381 e. The third-order valence-corrected chi connectivity index (χ3v) is 14.2. The second kappa shape index (κ2) is 21.0. The molecule has 1 fully saturated rings. The summed E-state index contributed by atoms with van der Waals surface area (Å²) in [5, 5.41) is 9.24. The number of benzene rings is 3. The van der Waals surface area contributed by atoms with Gasteiger partial charge < -0.3 is 25.0 Å². The molecular formula is C46H53FN8O9S2. The molecule has 1 aliphatic rings. The molecule has 1 atom stereocenters. The predicted octanol–water partition coefficient (Wildman–Crippen LogP) is 5.37. The van der Waals surface area contributed by atoms with Gasteiger partial charge in [0, 0.05) is 81.7 Å². The second-order valence-electron chi connectivity index (χ2n) is 16.3. The Morgan fingerprint density at radius 2 is 1.71 bits per heavy atom. The van der Waals surface area contributed by atoms with Crippen LogP contribution in [0, 0.1) is 5.82 Å². The molecule has 1 unspecified atom stereocenters. The van der Waals surface area contributed by atoms with E-state index in [0.717, 1.165) is 32.8 Å². The number of fused-ring (bicyclic) bond motifs is 2. The number of amides is 4. The van der Waals surface area contributed by atoms with Crippen LogP contribution in [0.5, 0.6) is 0 Å². The number of nitrogens with zero attached hydrogens (tertiary/aromatic N) is 5. The highest BCUT2D eigenvalue weighted by Gasteiger charge is 2.32. The quantitative estimate of drug-likeness (QED) is 0.0618. The average Bonchev–Trinajstić information content (AvgIpc) is 3.99. The minimum absolute atomic E-state index is 0.122. The van der Waals surface area contributed by atoms with Gasteiger partial charge in [-0.25, -0.2) is 26.6 Å². The lowest BCUT2D eigenvalue weighted by atomic mass is 10.0. The van der Waals surface area contributed by atoms with Crippen LogP contribution in [-0.4, -0.2) is 102 Å².